The Hall–Kier alpha value is -1.11. The van der Waals surface area contributed by atoms with Gasteiger partial charge in [0.15, 0.2) is 0 Å². The molecule has 15 heavy (non-hydrogen) atoms. The van der Waals surface area contributed by atoms with Gasteiger partial charge in [-0.05, 0) is 40.8 Å². The molecule has 2 aromatic rings. The van der Waals surface area contributed by atoms with E-state index >= 15 is 0 Å². The number of hydrogen-bond donors (Lipinski definition) is 0. The standard InChI is InChI=1S/C10H5F2IN2/c11-6-1-2-7(8(12)3-6)9-4-10(13)15-5-14-9/h1-5H. The predicted octanol–water partition coefficient (Wildman–Crippen LogP) is 3.03. The molecular formula is C10H5F2IN2. The van der Waals surface area contributed by atoms with Crippen LogP contribution >= 0.6 is 22.6 Å². The third-order valence-corrected chi connectivity index (χ3v) is 2.43. The number of hydrogen-bond acceptors (Lipinski definition) is 2. The molecule has 0 amide bonds. The van der Waals surface area contributed by atoms with Gasteiger partial charge in [-0.25, -0.2) is 18.7 Å². The van der Waals surface area contributed by atoms with Gasteiger partial charge in [0.2, 0.25) is 0 Å². The minimum absolute atomic E-state index is 0.275. The Morgan fingerprint density at radius 3 is 2.53 bits per heavy atom. The van der Waals surface area contributed by atoms with Crippen molar-refractivity contribution in [1.29, 1.82) is 0 Å². The molecule has 1 aromatic heterocycles. The van der Waals surface area contributed by atoms with Crippen LogP contribution in [0, 0.1) is 15.3 Å². The summed E-state index contributed by atoms with van der Waals surface area (Å²) >= 11 is 2.00. The van der Waals surface area contributed by atoms with E-state index in [0.29, 0.717) is 9.39 Å². The van der Waals surface area contributed by atoms with E-state index in [0.717, 1.165) is 6.07 Å². The highest BCUT2D eigenvalue weighted by Crippen LogP contribution is 2.21. The summed E-state index contributed by atoms with van der Waals surface area (Å²) in [7, 11) is 0. The van der Waals surface area contributed by atoms with E-state index in [1.807, 2.05) is 22.6 Å². The third kappa shape index (κ3) is 2.28. The van der Waals surface area contributed by atoms with E-state index in [9.17, 15) is 8.78 Å². The zero-order valence-electron chi connectivity index (χ0n) is 7.42. The summed E-state index contributed by atoms with van der Waals surface area (Å²) in [5.74, 6) is -1.22. The normalized spacial score (nSPS) is 10.3. The quantitative estimate of drug-likeness (QED) is 0.597. The van der Waals surface area contributed by atoms with Gasteiger partial charge >= 0.3 is 0 Å². The average molecular weight is 318 g/mol. The van der Waals surface area contributed by atoms with Gasteiger partial charge < -0.3 is 0 Å². The number of nitrogens with zero attached hydrogens (tertiary/aromatic N) is 2. The van der Waals surface area contributed by atoms with E-state index in [4.69, 9.17) is 0 Å². The summed E-state index contributed by atoms with van der Waals surface area (Å²) in [5.41, 5.74) is 0.726. The first-order valence-corrected chi connectivity index (χ1v) is 5.17. The maximum absolute atomic E-state index is 13.4. The molecule has 0 bridgehead atoms. The molecule has 0 aliphatic heterocycles. The highest BCUT2D eigenvalue weighted by atomic mass is 127. The van der Waals surface area contributed by atoms with Crippen LogP contribution in [-0.4, -0.2) is 9.97 Å². The van der Waals surface area contributed by atoms with Crippen molar-refractivity contribution in [3.05, 3.63) is 45.9 Å². The molecule has 0 atom stereocenters. The van der Waals surface area contributed by atoms with E-state index in [2.05, 4.69) is 9.97 Å². The molecular weight excluding hydrogens is 313 g/mol. The largest absolute Gasteiger partial charge is 0.236 e. The van der Waals surface area contributed by atoms with Gasteiger partial charge in [0, 0.05) is 11.6 Å². The first-order chi connectivity index (χ1) is 7.16. The van der Waals surface area contributed by atoms with E-state index in [1.165, 1.54) is 18.5 Å². The minimum atomic E-state index is -0.621. The number of benzene rings is 1. The van der Waals surface area contributed by atoms with E-state index in [-0.39, 0.29) is 5.56 Å². The molecule has 1 aromatic carbocycles. The second-order valence-corrected chi connectivity index (χ2v) is 3.96. The van der Waals surface area contributed by atoms with E-state index in [1.54, 1.807) is 6.07 Å². The van der Waals surface area contributed by atoms with Crippen molar-refractivity contribution in [3.63, 3.8) is 0 Å². The molecule has 2 rings (SSSR count). The fourth-order valence-electron chi connectivity index (χ4n) is 1.18. The molecule has 0 N–H and O–H groups in total. The topological polar surface area (TPSA) is 25.8 Å². The van der Waals surface area contributed by atoms with Crippen LogP contribution in [0.2, 0.25) is 0 Å². The SMILES string of the molecule is Fc1ccc(-c2cc(I)ncn2)c(F)c1. The first-order valence-electron chi connectivity index (χ1n) is 4.10. The van der Waals surface area contributed by atoms with Gasteiger partial charge in [-0.1, -0.05) is 0 Å². The molecule has 0 radical (unpaired) electrons. The van der Waals surface area contributed by atoms with Crippen molar-refractivity contribution >= 4 is 22.6 Å². The molecule has 0 aliphatic carbocycles. The zero-order chi connectivity index (χ0) is 10.8. The van der Waals surface area contributed by atoms with Crippen LogP contribution in [-0.2, 0) is 0 Å². The van der Waals surface area contributed by atoms with Crippen LogP contribution in [0.5, 0.6) is 0 Å². The molecule has 2 nitrogen and oxygen atoms in total. The van der Waals surface area contributed by atoms with Crippen molar-refractivity contribution in [2.75, 3.05) is 0 Å². The molecule has 0 saturated heterocycles. The summed E-state index contributed by atoms with van der Waals surface area (Å²) in [6.45, 7) is 0. The lowest BCUT2D eigenvalue weighted by Gasteiger charge is -2.02. The third-order valence-electron chi connectivity index (χ3n) is 1.84. The zero-order valence-corrected chi connectivity index (χ0v) is 9.57. The molecule has 0 saturated carbocycles. The van der Waals surface area contributed by atoms with Gasteiger partial charge in [-0.15, -0.1) is 0 Å². The number of rotatable bonds is 1. The average Bonchev–Trinajstić information content (AvgIpc) is 2.17. The maximum atomic E-state index is 13.4. The summed E-state index contributed by atoms with van der Waals surface area (Å²) in [6.07, 6.45) is 1.35. The smallest absolute Gasteiger partial charge is 0.135 e. The van der Waals surface area contributed by atoms with Gasteiger partial charge in [0.1, 0.15) is 21.7 Å². The summed E-state index contributed by atoms with van der Waals surface area (Å²) in [5, 5.41) is 0. The molecule has 0 unspecified atom stereocenters. The van der Waals surface area contributed by atoms with Crippen LogP contribution in [0.3, 0.4) is 0 Å². The Morgan fingerprint density at radius 1 is 1.07 bits per heavy atom. The van der Waals surface area contributed by atoms with Gasteiger partial charge in [-0.2, -0.15) is 0 Å². The fourth-order valence-corrected chi connectivity index (χ4v) is 1.60. The minimum Gasteiger partial charge on any atom is -0.236 e. The summed E-state index contributed by atoms with van der Waals surface area (Å²) in [4.78, 5) is 7.81. The lowest BCUT2D eigenvalue weighted by Crippen LogP contribution is -1.91. The first kappa shape index (κ1) is 10.4. The van der Waals surface area contributed by atoms with Crippen molar-refractivity contribution in [2.24, 2.45) is 0 Å². The lowest BCUT2D eigenvalue weighted by molar-refractivity contribution is 0.585. The highest BCUT2D eigenvalue weighted by molar-refractivity contribution is 14.1. The molecule has 0 fully saturated rings. The van der Waals surface area contributed by atoms with Gasteiger partial charge in [0.05, 0.1) is 5.69 Å². The molecule has 5 heteroatoms. The Labute approximate surface area is 98.5 Å². The molecule has 76 valence electrons. The van der Waals surface area contributed by atoms with Crippen molar-refractivity contribution in [1.82, 2.24) is 9.97 Å². The van der Waals surface area contributed by atoms with Crippen molar-refractivity contribution < 1.29 is 8.78 Å². The lowest BCUT2D eigenvalue weighted by atomic mass is 10.1. The summed E-state index contributed by atoms with van der Waals surface area (Å²) < 4.78 is 26.7. The molecule has 0 spiro atoms. The summed E-state index contributed by atoms with van der Waals surface area (Å²) in [6, 6.07) is 5.04. The monoisotopic (exact) mass is 318 g/mol. The van der Waals surface area contributed by atoms with Crippen molar-refractivity contribution in [2.45, 2.75) is 0 Å². The van der Waals surface area contributed by atoms with Crippen LogP contribution in [0.1, 0.15) is 0 Å². The van der Waals surface area contributed by atoms with Crippen LogP contribution < -0.4 is 0 Å². The van der Waals surface area contributed by atoms with Crippen LogP contribution in [0.15, 0.2) is 30.6 Å². The van der Waals surface area contributed by atoms with Crippen LogP contribution in [0.4, 0.5) is 8.78 Å². The molecule has 1 heterocycles. The number of aromatic nitrogens is 2. The highest BCUT2D eigenvalue weighted by Gasteiger charge is 2.07. The Balaban J connectivity index is 2.54. The molecule has 0 aliphatic rings. The second-order valence-electron chi connectivity index (χ2n) is 2.85. The fraction of sp³-hybridized carbons (Fsp3) is 0. The Kier molecular flexibility index (Phi) is 2.90. The Morgan fingerprint density at radius 2 is 1.87 bits per heavy atom. The predicted molar refractivity (Wildman–Crippen MR) is 60.1 cm³/mol. The van der Waals surface area contributed by atoms with Gasteiger partial charge in [-0.3, -0.25) is 0 Å². The second kappa shape index (κ2) is 4.18. The van der Waals surface area contributed by atoms with Crippen molar-refractivity contribution in [3.8, 4) is 11.3 Å². The van der Waals surface area contributed by atoms with Crippen LogP contribution in [0.25, 0.3) is 11.3 Å². The Bertz CT molecular complexity index is 503. The van der Waals surface area contributed by atoms with Gasteiger partial charge in [0.25, 0.3) is 0 Å². The number of halogens is 3. The van der Waals surface area contributed by atoms with E-state index < -0.39 is 11.6 Å². The maximum Gasteiger partial charge on any atom is 0.135 e.